The van der Waals surface area contributed by atoms with Crippen molar-refractivity contribution in [3.8, 4) is 17.6 Å². The molecule has 1 fully saturated rings. The number of nitrogens with one attached hydrogen (secondary N) is 1. The maximum absolute atomic E-state index is 13.1. The van der Waals surface area contributed by atoms with Crippen LogP contribution in [0.1, 0.15) is 17.2 Å². The molecule has 9 heteroatoms. The van der Waals surface area contributed by atoms with E-state index in [1.165, 1.54) is 0 Å². The molecule has 162 valence electrons. The SMILES string of the molecule is N#CC(C(=O)NCc1ccc2c(c1)OCO2)c1nc2ccccc2nc1N1CCOCC1. The van der Waals surface area contributed by atoms with E-state index in [0.717, 1.165) is 11.1 Å². The summed E-state index contributed by atoms with van der Waals surface area (Å²) in [5, 5.41) is 12.8. The summed E-state index contributed by atoms with van der Waals surface area (Å²) in [4.78, 5) is 24.5. The van der Waals surface area contributed by atoms with Crippen LogP contribution in [0.2, 0.25) is 0 Å². The second-order valence-corrected chi connectivity index (χ2v) is 7.49. The van der Waals surface area contributed by atoms with Crippen molar-refractivity contribution in [3.63, 3.8) is 0 Å². The number of benzene rings is 2. The van der Waals surface area contributed by atoms with Gasteiger partial charge in [-0.25, -0.2) is 9.97 Å². The highest BCUT2D eigenvalue weighted by molar-refractivity contribution is 5.88. The first-order valence-corrected chi connectivity index (χ1v) is 10.4. The highest BCUT2D eigenvalue weighted by Gasteiger charge is 2.29. The van der Waals surface area contributed by atoms with E-state index in [1.807, 2.05) is 41.3 Å². The predicted octanol–water partition coefficient (Wildman–Crippen LogP) is 2.12. The standard InChI is InChI=1S/C23H21N5O4/c24-12-16(23(29)25-13-15-5-6-19-20(11-15)32-14-31-19)21-22(28-7-9-30-10-8-28)27-18-4-2-1-3-17(18)26-21/h1-6,11,16H,7-10,13-14H2,(H,25,29). The van der Waals surface area contributed by atoms with Crippen LogP contribution in [0.25, 0.3) is 11.0 Å². The van der Waals surface area contributed by atoms with Gasteiger partial charge in [-0.3, -0.25) is 4.79 Å². The largest absolute Gasteiger partial charge is 0.454 e. The topological polar surface area (TPSA) is 110 Å². The Morgan fingerprint density at radius 1 is 1.09 bits per heavy atom. The third-order valence-electron chi connectivity index (χ3n) is 5.46. The lowest BCUT2D eigenvalue weighted by Gasteiger charge is -2.29. The van der Waals surface area contributed by atoms with E-state index >= 15 is 0 Å². The number of ether oxygens (including phenoxy) is 3. The Balaban J connectivity index is 1.42. The number of rotatable bonds is 5. The van der Waals surface area contributed by atoms with Gasteiger partial charge in [-0.15, -0.1) is 0 Å². The number of fused-ring (bicyclic) bond motifs is 2. The predicted molar refractivity (Wildman–Crippen MR) is 115 cm³/mol. The summed E-state index contributed by atoms with van der Waals surface area (Å²) in [6.07, 6.45) is 0. The number of amides is 1. The number of carbonyl (C=O) groups is 1. The van der Waals surface area contributed by atoms with E-state index in [-0.39, 0.29) is 13.3 Å². The van der Waals surface area contributed by atoms with Crippen LogP contribution in [-0.2, 0) is 16.1 Å². The Bertz CT molecular complexity index is 1200. The molecule has 1 unspecified atom stereocenters. The first-order valence-electron chi connectivity index (χ1n) is 10.4. The van der Waals surface area contributed by atoms with Gasteiger partial charge in [-0.1, -0.05) is 18.2 Å². The Morgan fingerprint density at radius 3 is 2.62 bits per heavy atom. The van der Waals surface area contributed by atoms with Gasteiger partial charge in [0.2, 0.25) is 12.7 Å². The highest BCUT2D eigenvalue weighted by atomic mass is 16.7. The number of para-hydroxylation sites is 2. The van der Waals surface area contributed by atoms with Crippen LogP contribution in [0.3, 0.4) is 0 Å². The summed E-state index contributed by atoms with van der Waals surface area (Å²) in [5.41, 5.74) is 2.56. The Labute approximate surface area is 184 Å². The molecule has 0 radical (unpaired) electrons. The molecule has 0 bridgehead atoms. The van der Waals surface area contributed by atoms with E-state index in [9.17, 15) is 10.1 Å². The molecule has 32 heavy (non-hydrogen) atoms. The minimum Gasteiger partial charge on any atom is -0.454 e. The lowest BCUT2D eigenvalue weighted by molar-refractivity contribution is -0.121. The second-order valence-electron chi connectivity index (χ2n) is 7.49. The third-order valence-corrected chi connectivity index (χ3v) is 5.46. The van der Waals surface area contributed by atoms with Gasteiger partial charge < -0.3 is 24.4 Å². The van der Waals surface area contributed by atoms with Gasteiger partial charge in [0.15, 0.2) is 23.2 Å². The fourth-order valence-corrected chi connectivity index (χ4v) is 3.79. The summed E-state index contributed by atoms with van der Waals surface area (Å²) < 4.78 is 16.2. The van der Waals surface area contributed by atoms with E-state index in [4.69, 9.17) is 19.2 Å². The molecule has 1 atom stereocenters. The van der Waals surface area contributed by atoms with Gasteiger partial charge in [-0.05, 0) is 29.8 Å². The summed E-state index contributed by atoms with van der Waals surface area (Å²) in [6, 6.07) is 15.0. The van der Waals surface area contributed by atoms with Crippen molar-refractivity contribution in [2.24, 2.45) is 0 Å². The van der Waals surface area contributed by atoms with Crippen LogP contribution in [0.15, 0.2) is 42.5 Å². The molecule has 0 saturated carbocycles. The van der Waals surface area contributed by atoms with Crippen LogP contribution in [0.5, 0.6) is 11.5 Å². The highest BCUT2D eigenvalue weighted by Crippen LogP contribution is 2.32. The second kappa shape index (κ2) is 8.69. The molecule has 2 aromatic carbocycles. The molecule has 1 saturated heterocycles. The number of hydrogen-bond acceptors (Lipinski definition) is 8. The lowest BCUT2D eigenvalue weighted by Crippen LogP contribution is -2.38. The van der Waals surface area contributed by atoms with Gasteiger partial charge in [0.1, 0.15) is 5.69 Å². The Kier molecular flexibility index (Phi) is 5.44. The zero-order valence-corrected chi connectivity index (χ0v) is 17.3. The van der Waals surface area contributed by atoms with Crippen molar-refractivity contribution in [3.05, 3.63) is 53.7 Å². The first-order chi connectivity index (χ1) is 15.7. The van der Waals surface area contributed by atoms with E-state index in [1.54, 1.807) is 6.07 Å². The third kappa shape index (κ3) is 3.88. The molecule has 2 aliphatic heterocycles. The van der Waals surface area contributed by atoms with Crippen LogP contribution in [0, 0.1) is 11.3 Å². The average molecular weight is 431 g/mol. The van der Waals surface area contributed by atoms with Gasteiger partial charge in [0.25, 0.3) is 0 Å². The molecule has 3 aromatic rings. The molecular formula is C23H21N5O4. The fourth-order valence-electron chi connectivity index (χ4n) is 3.79. The van der Waals surface area contributed by atoms with Crippen molar-refractivity contribution in [2.75, 3.05) is 38.0 Å². The van der Waals surface area contributed by atoms with E-state index < -0.39 is 11.8 Å². The molecule has 1 N–H and O–H groups in total. The number of anilines is 1. The first kappa shape index (κ1) is 20.0. The maximum Gasteiger partial charge on any atom is 0.243 e. The number of aromatic nitrogens is 2. The lowest BCUT2D eigenvalue weighted by atomic mass is 10.0. The fraction of sp³-hybridized carbons (Fsp3) is 0.304. The summed E-state index contributed by atoms with van der Waals surface area (Å²) in [5.74, 6) is 0.347. The van der Waals surface area contributed by atoms with Crippen LogP contribution >= 0.6 is 0 Å². The zero-order valence-electron chi connectivity index (χ0n) is 17.3. The quantitative estimate of drug-likeness (QED) is 0.654. The molecule has 3 heterocycles. The smallest absolute Gasteiger partial charge is 0.243 e. The van der Waals surface area contributed by atoms with Crippen molar-refractivity contribution < 1.29 is 19.0 Å². The molecule has 1 amide bonds. The van der Waals surface area contributed by atoms with E-state index in [0.29, 0.717) is 54.8 Å². The number of carbonyl (C=O) groups excluding carboxylic acids is 1. The van der Waals surface area contributed by atoms with Crippen LogP contribution < -0.4 is 19.7 Å². The molecular weight excluding hydrogens is 410 g/mol. The van der Waals surface area contributed by atoms with Gasteiger partial charge >= 0.3 is 0 Å². The average Bonchev–Trinajstić information content (AvgIpc) is 3.31. The van der Waals surface area contributed by atoms with Crippen molar-refractivity contribution in [1.29, 1.82) is 5.26 Å². The van der Waals surface area contributed by atoms with Crippen LogP contribution in [0.4, 0.5) is 5.82 Å². The van der Waals surface area contributed by atoms with E-state index in [2.05, 4.69) is 16.4 Å². The Hall–Kier alpha value is -3.90. The molecule has 2 aliphatic rings. The molecule has 5 rings (SSSR count). The van der Waals surface area contributed by atoms with Gasteiger partial charge in [0, 0.05) is 19.6 Å². The Morgan fingerprint density at radius 2 is 1.84 bits per heavy atom. The summed E-state index contributed by atoms with van der Waals surface area (Å²) in [6.45, 7) is 2.80. The molecule has 0 aliphatic carbocycles. The number of hydrogen-bond donors (Lipinski definition) is 1. The minimum atomic E-state index is -1.10. The number of nitriles is 1. The van der Waals surface area contributed by atoms with Crippen molar-refractivity contribution in [2.45, 2.75) is 12.5 Å². The van der Waals surface area contributed by atoms with Gasteiger partial charge in [0.05, 0.1) is 30.3 Å². The summed E-state index contributed by atoms with van der Waals surface area (Å²) in [7, 11) is 0. The van der Waals surface area contributed by atoms with Crippen molar-refractivity contribution in [1.82, 2.24) is 15.3 Å². The number of morpholine rings is 1. The van der Waals surface area contributed by atoms with Crippen molar-refractivity contribution >= 4 is 22.8 Å². The summed E-state index contributed by atoms with van der Waals surface area (Å²) >= 11 is 0. The molecule has 1 aromatic heterocycles. The maximum atomic E-state index is 13.1. The van der Waals surface area contributed by atoms with Gasteiger partial charge in [-0.2, -0.15) is 5.26 Å². The monoisotopic (exact) mass is 431 g/mol. The zero-order chi connectivity index (χ0) is 21.9. The molecule has 9 nitrogen and oxygen atoms in total. The molecule has 0 spiro atoms. The normalized spacial score (nSPS) is 15.9. The minimum absolute atomic E-state index is 0.187. The van der Waals surface area contributed by atoms with Crippen LogP contribution in [-0.4, -0.2) is 49.0 Å². The number of nitrogens with zero attached hydrogens (tertiary/aromatic N) is 4.